The van der Waals surface area contributed by atoms with E-state index in [1.807, 2.05) is 41.3 Å². The van der Waals surface area contributed by atoms with E-state index in [1.165, 1.54) is 24.8 Å². The molecule has 2 N–H and O–H groups in total. The summed E-state index contributed by atoms with van der Waals surface area (Å²) < 4.78 is 0. The second-order valence-electron chi connectivity index (χ2n) is 6.47. The molecule has 1 saturated carbocycles. The Bertz CT molecular complexity index is 664. The third kappa shape index (κ3) is 3.55. The molecule has 1 unspecified atom stereocenters. The van der Waals surface area contributed by atoms with Crippen molar-refractivity contribution in [1.82, 2.24) is 4.90 Å². The molecule has 2 aromatic rings. The van der Waals surface area contributed by atoms with Crippen LogP contribution in [-0.4, -0.2) is 17.4 Å². The number of amides is 1. The molecule has 120 valence electrons. The van der Waals surface area contributed by atoms with Crippen LogP contribution in [0.4, 0.5) is 5.69 Å². The molecule has 0 spiro atoms. The summed E-state index contributed by atoms with van der Waals surface area (Å²) in [5, 5.41) is 0. The lowest BCUT2D eigenvalue weighted by Crippen LogP contribution is -2.39. The number of anilines is 1. The fraction of sp³-hybridized carbons (Fsp3) is 0.350. The molecule has 3 rings (SSSR count). The summed E-state index contributed by atoms with van der Waals surface area (Å²) in [6, 6.07) is 17.6. The first-order valence-corrected chi connectivity index (χ1v) is 8.36. The van der Waals surface area contributed by atoms with Crippen LogP contribution >= 0.6 is 0 Å². The van der Waals surface area contributed by atoms with Gasteiger partial charge in [0.25, 0.3) is 5.91 Å². The van der Waals surface area contributed by atoms with Crippen LogP contribution in [0.5, 0.6) is 0 Å². The molecule has 1 aliphatic carbocycles. The highest BCUT2D eigenvalue weighted by Gasteiger charge is 2.28. The summed E-state index contributed by atoms with van der Waals surface area (Å²) in [6.45, 7) is 2.93. The van der Waals surface area contributed by atoms with Gasteiger partial charge in [0.05, 0.1) is 6.04 Å². The van der Waals surface area contributed by atoms with Crippen LogP contribution in [0.15, 0.2) is 54.6 Å². The molecular weight excluding hydrogens is 284 g/mol. The van der Waals surface area contributed by atoms with Gasteiger partial charge in [-0.3, -0.25) is 4.79 Å². The quantitative estimate of drug-likeness (QED) is 0.838. The number of nitrogens with two attached hydrogens (primary N) is 1. The Hall–Kier alpha value is -2.29. The predicted molar refractivity (Wildman–Crippen MR) is 94.1 cm³/mol. The number of carbonyl (C=O) groups excluding carboxylic acids is 1. The van der Waals surface area contributed by atoms with Gasteiger partial charge in [0.1, 0.15) is 0 Å². The van der Waals surface area contributed by atoms with Crippen molar-refractivity contribution >= 4 is 11.6 Å². The largest absolute Gasteiger partial charge is 0.399 e. The Balaban J connectivity index is 1.86. The van der Waals surface area contributed by atoms with Gasteiger partial charge in [-0.1, -0.05) is 42.8 Å². The number of nitrogens with zero attached hydrogens (tertiary/aromatic N) is 1. The van der Waals surface area contributed by atoms with E-state index >= 15 is 0 Å². The summed E-state index contributed by atoms with van der Waals surface area (Å²) in [4.78, 5) is 15.1. The van der Waals surface area contributed by atoms with E-state index in [4.69, 9.17) is 5.73 Å². The lowest BCUT2D eigenvalue weighted by molar-refractivity contribution is 0.0613. The van der Waals surface area contributed by atoms with Crippen molar-refractivity contribution in [3.05, 3.63) is 65.7 Å². The number of nitrogen functional groups attached to an aromatic ring is 1. The first-order valence-electron chi connectivity index (χ1n) is 8.36. The molecule has 0 aliphatic heterocycles. The Morgan fingerprint density at radius 1 is 1.17 bits per heavy atom. The topological polar surface area (TPSA) is 46.3 Å². The van der Waals surface area contributed by atoms with Gasteiger partial charge in [-0.25, -0.2) is 0 Å². The minimum absolute atomic E-state index is 0.0609. The van der Waals surface area contributed by atoms with Gasteiger partial charge in [-0.15, -0.1) is 0 Å². The molecule has 0 radical (unpaired) electrons. The highest BCUT2D eigenvalue weighted by atomic mass is 16.2. The molecule has 1 atom stereocenters. The Morgan fingerprint density at radius 3 is 2.52 bits per heavy atom. The molecule has 0 saturated heterocycles. The summed E-state index contributed by atoms with van der Waals surface area (Å²) in [5.41, 5.74) is 8.33. The number of carbonyl (C=O) groups is 1. The van der Waals surface area contributed by atoms with Crippen LogP contribution in [0, 0.1) is 5.92 Å². The normalized spacial score (nSPS) is 15.7. The Kier molecular flexibility index (Phi) is 4.65. The maximum absolute atomic E-state index is 13.1. The molecule has 1 aliphatic rings. The molecular formula is C20H24N2O. The number of rotatable bonds is 5. The van der Waals surface area contributed by atoms with Crippen molar-refractivity contribution in [2.45, 2.75) is 32.2 Å². The van der Waals surface area contributed by atoms with Crippen LogP contribution < -0.4 is 5.73 Å². The summed E-state index contributed by atoms with van der Waals surface area (Å²) >= 11 is 0. The minimum Gasteiger partial charge on any atom is -0.399 e. The highest BCUT2D eigenvalue weighted by molar-refractivity contribution is 5.95. The van der Waals surface area contributed by atoms with E-state index in [9.17, 15) is 4.79 Å². The van der Waals surface area contributed by atoms with Crippen molar-refractivity contribution in [1.29, 1.82) is 0 Å². The van der Waals surface area contributed by atoms with Crippen LogP contribution in [0.25, 0.3) is 0 Å². The minimum atomic E-state index is 0.0609. The third-order valence-corrected chi connectivity index (χ3v) is 4.82. The third-order valence-electron chi connectivity index (χ3n) is 4.82. The fourth-order valence-electron chi connectivity index (χ4n) is 3.12. The number of hydrogen-bond acceptors (Lipinski definition) is 2. The summed E-state index contributed by atoms with van der Waals surface area (Å²) in [7, 11) is 0. The van der Waals surface area contributed by atoms with Crippen LogP contribution in [-0.2, 0) is 0 Å². The van der Waals surface area contributed by atoms with Crippen molar-refractivity contribution in [2.24, 2.45) is 5.92 Å². The maximum Gasteiger partial charge on any atom is 0.254 e. The van der Waals surface area contributed by atoms with Crippen molar-refractivity contribution in [2.75, 3.05) is 12.3 Å². The van der Waals surface area contributed by atoms with E-state index < -0.39 is 0 Å². The summed E-state index contributed by atoms with van der Waals surface area (Å²) in [5.74, 6) is 0.701. The van der Waals surface area contributed by atoms with Gasteiger partial charge in [-0.05, 0) is 49.4 Å². The molecule has 3 nitrogen and oxygen atoms in total. The van der Waals surface area contributed by atoms with Crippen molar-refractivity contribution in [3.8, 4) is 0 Å². The monoisotopic (exact) mass is 308 g/mol. The highest BCUT2D eigenvalue weighted by Crippen LogP contribution is 2.31. The molecule has 1 amide bonds. The van der Waals surface area contributed by atoms with Crippen molar-refractivity contribution < 1.29 is 4.79 Å². The Morgan fingerprint density at radius 2 is 1.91 bits per heavy atom. The first-order chi connectivity index (χ1) is 11.1. The van der Waals surface area contributed by atoms with Gasteiger partial charge < -0.3 is 10.6 Å². The molecule has 23 heavy (non-hydrogen) atoms. The van der Waals surface area contributed by atoms with Crippen LogP contribution in [0.2, 0.25) is 0 Å². The zero-order valence-corrected chi connectivity index (χ0v) is 13.6. The van der Waals surface area contributed by atoms with Gasteiger partial charge in [-0.2, -0.15) is 0 Å². The van der Waals surface area contributed by atoms with E-state index in [1.54, 1.807) is 6.07 Å². The standard InChI is InChI=1S/C20H24N2O/c1-15(17-9-3-2-4-10-17)22(14-16-7-5-8-16)20(23)18-11-6-12-19(21)13-18/h2-4,6,9-13,15-16H,5,7-8,14,21H2,1H3. The zero-order chi connectivity index (χ0) is 16.2. The molecule has 1 fully saturated rings. The average molecular weight is 308 g/mol. The molecule has 0 heterocycles. The first kappa shape index (κ1) is 15.6. The van der Waals surface area contributed by atoms with Crippen LogP contribution in [0.3, 0.4) is 0 Å². The number of hydrogen-bond donors (Lipinski definition) is 1. The molecule has 0 bridgehead atoms. The van der Waals surface area contributed by atoms with E-state index in [0.29, 0.717) is 17.2 Å². The van der Waals surface area contributed by atoms with Crippen molar-refractivity contribution in [3.63, 3.8) is 0 Å². The predicted octanol–water partition coefficient (Wildman–Crippen LogP) is 4.27. The van der Waals surface area contributed by atoms with Crippen LogP contribution in [0.1, 0.15) is 48.1 Å². The number of benzene rings is 2. The molecule has 2 aromatic carbocycles. The van der Waals surface area contributed by atoms with E-state index in [0.717, 1.165) is 6.54 Å². The van der Waals surface area contributed by atoms with Gasteiger partial charge >= 0.3 is 0 Å². The van der Waals surface area contributed by atoms with E-state index in [2.05, 4.69) is 19.1 Å². The zero-order valence-electron chi connectivity index (χ0n) is 13.6. The second kappa shape index (κ2) is 6.86. The Labute approximate surface area is 138 Å². The smallest absolute Gasteiger partial charge is 0.254 e. The molecule has 3 heteroatoms. The van der Waals surface area contributed by atoms with Gasteiger partial charge in [0.15, 0.2) is 0 Å². The summed E-state index contributed by atoms with van der Waals surface area (Å²) in [6.07, 6.45) is 3.73. The lowest BCUT2D eigenvalue weighted by Gasteiger charge is -2.36. The van der Waals surface area contributed by atoms with E-state index in [-0.39, 0.29) is 11.9 Å². The van der Waals surface area contributed by atoms with Gasteiger partial charge in [0, 0.05) is 17.8 Å². The average Bonchev–Trinajstić information content (AvgIpc) is 2.54. The fourth-order valence-corrected chi connectivity index (χ4v) is 3.12. The molecule has 0 aromatic heterocycles. The maximum atomic E-state index is 13.1. The lowest BCUT2D eigenvalue weighted by atomic mass is 9.84. The SMILES string of the molecule is CC(c1ccccc1)N(CC1CCC1)C(=O)c1cccc(N)c1. The second-order valence-corrected chi connectivity index (χ2v) is 6.47. The van der Waals surface area contributed by atoms with Gasteiger partial charge in [0.2, 0.25) is 0 Å².